The van der Waals surface area contributed by atoms with Crippen LogP contribution in [0.3, 0.4) is 0 Å². The summed E-state index contributed by atoms with van der Waals surface area (Å²) in [5, 5.41) is 4.62. The van der Waals surface area contributed by atoms with E-state index in [1.807, 2.05) is 24.3 Å². The lowest BCUT2D eigenvalue weighted by molar-refractivity contribution is -0.137. The molecule has 1 aromatic heterocycles. The minimum absolute atomic E-state index is 0.00509. The standard InChI is InChI=1S/C29H19BrF3N3O2/c30-23-12-8-20(9-13-23)18-38-24-14-10-19(11-15-24)17-34-36-27(21-4-3-5-22(16-21)29(31,32)33)35-26-7-2-1-6-25(26)28(36)37/h1-17H,18H2. The first-order valence-electron chi connectivity index (χ1n) is 11.5. The lowest BCUT2D eigenvalue weighted by Crippen LogP contribution is -2.20. The number of benzene rings is 4. The molecule has 0 aliphatic carbocycles. The normalized spacial score (nSPS) is 11.8. The summed E-state index contributed by atoms with van der Waals surface area (Å²) in [5.41, 5.74) is 0.834. The molecule has 0 amide bonds. The van der Waals surface area contributed by atoms with Crippen LogP contribution in [-0.4, -0.2) is 15.9 Å². The third kappa shape index (κ3) is 5.68. The monoisotopic (exact) mass is 577 g/mol. The third-order valence-corrected chi connectivity index (χ3v) is 6.25. The molecule has 0 saturated carbocycles. The highest BCUT2D eigenvalue weighted by Gasteiger charge is 2.31. The molecule has 5 aromatic rings. The Kier molecular flexibility index (Phi) is 7.11. The fourth-order valence-corrected chi connectivity index (χ4v) is 4.04. The van der Waals surface area contributed by atoms with E-state index in [-0.39, 0.29) is 11.4 Å². The first-order valence-corrected chi connectivity index (χ1v) is 12.3. The van der Waals surface area contributed by atoms with E-state index in [9.17, 15) is 18.0 Å². The van der Waals surface area contributed by atoms with Gasteiger partial charge >= 0.3 is 6.18 Å². The minimum atomic E-state index is -4.54. The van der Waals surface area contributed by atoms with E-state index in [0.29, 0.717) is 28.8 Å². The average molecular weight is 578 g/mol. The number of nitrogens with zero attached hydrogens (tertiary/aromatic N) is 3. The largest absolute Gasteiger partial charge is 0.489 e. The van der Waals surface area contributed by atoms with Crippen LogP contribution in [0.2, 0.25) is 0 Å². The molecule has 0 aliphatic heterocycles. The topological polar surface area (TPSA) is 56.5 Å². The molecular weight excluding hydrogens is 559 g/mol. The van der Waals surface area contributed by atoms with Crippen molar-refractivity contribution in [3.8, 4) is 17.1 Å². The number of rotatable bonds is 6. The molecular formula is C29H19BrF3N3O2. The molecule has 0 N–H and O–H groups in total. The van der Waals surface area contributed by atoms with Gasteiger partial charge in [-0.05, 0) is 71.8 Å². The average Bonchev–Trinajstić information content (AvgIpc) is 2.92. The molecule has 5 rings (SSSR count). The molecule has 1 heterocycles. The zero-order valence-electron chi connectivity index (χ0n) is 19.7. The van der Waals surface area contributed by atoms with Crippen molar-refractivity contribution in [3.05, 3.63) is 129 Å². The Bertz CT molecular complexity index is 1680. The van der Waals surface area contributed by atoms with Crippen LogP contribution in [0.1, 0.15) is 16.7 Å². The smallest absolute Gasteiger partial charge is 0.416 e. The second-order valence-corrected chi connectivity index (χ2v) is 9.29. The summed E-state index contributed by atoms with van der Waals surface area (Å²) in [6.07, 6.45) is -3.09. The summed E-state index contributed by atoms with van der Waals surface area (Å²) in [6.45, 7) is 0.402. The lowest BCUT2D eigenvalue weighted by Gasteiger charge is -2.12. The molecule has 5 nitrogen and oxygen atoms in total. The van der Waals surface area contributed by atoms with Crippen LogP contribution in [-0.2, 0) is 12.8 Å². The van der Waals surface area contributed by atoms with E-state index in [1.165, 1.54) is 18.3 Å². The summed E-state index contributed by atoms with van der Waals surface area (Å²) >= 11 is 3.40. The Labute approximate surface area is 224 Å². The van der Waals surface area contributed by atoms with Gasteiger partial charge in [-0.1, -0.05) is 52.3 Å². The molecule has 38 heavy (non-hydrogen) atoms. The number of halogens is 4. The summed E-state index contributed by atoms with van der Waals surface area (Å²) in [6, 6.07) is 26.2. The van der Waals surface area contributed by atoms with E-state index in [0.717, 1.165) is 26.8 Å². The van der Waals surface area contributed by atoms with Crippen molar-refractivity contribution in [3.63, 3.8) is 0 Å². The number of aromatic nitrogens is 2. The van der Waals surface area contributed by atoms with Gasteiger partial charge in [0.2, 0.25) is 0 Å². The van der Waals surface area contributed by atoms with Crippen molar-refractivity contribution >= 4 is 33.0 Å². The maximum Gasteiger partial charge on any atom is 0.416 e. The molecule has 0 fully saturated rings. The van der Waals surface area contributed by atoms with Gasteiger partial charge in [-0.25, -0.2) is 4.98 Å². The van der Waals surface area contributed by atoms with Crippen LogP contribution < -0.4 is 10.3 Å². The fourth-order valence-electron chi connectivity index (χ4n) is 3.77. The predicted octanol–water partition coefficient (Wildman–Crippen LogP) is 7.31. The summed E-state index contributed by atoms with van der Waals surface area (Å²) in [4.78, 5) is 17.8. The highest BCUT2D eigenvalue weighted by molar-refractivity contribution is 9.10. The van der Waals surface area contributed by atoms with Crippen LogP contribution in [0.25, 0.3) is 22.3 Å². The predicted molar refractivity (Wildman–Crippen MR) is 144 cm³/mol. The van der Waals surface area contributed by atoms with E-state index >= 15 is 0 Å². The minimum Gasteiger partial charge on any atom is -0.489 e. The maximum absolute atomic E-state index is 13.4. The van der Waals surface area contributed by atoms with Gasteiger partial charge in [-0.15, -0.1) is 0 Å². The van der Waals surface area contributed by atoms with Gasteiger partial charge in [0, 0.05) is 10.0 Å². The van der Waals surface area contributed by atoms with Crippen molar-refractivity contribution in [2.24, 2.45) is 5.10 Å². The zero-order chi connectivity index (χ0) is 26.7. The van der Waals surface area contributed by atoms with Gasteiger partial charge < -0.3 is 4.74 Å². The summed E-state index contributed by atoms with van der Waals surface area (Å²) in [5.74, 6) is 0.657. The molecule has 0 spiro atoms. The van der Waals surface area contributed by atoms with Crippen molar-refractivity contribution in [2.45, 2.75) is 12.8 Å². The van der Waals surface area contributed by atoms with Gasteiger partial charge in [0.25, 0.3) is 5.56 Å². The van der Waals surface area contributed by atoms with Crippen molar-refractivity contribution < 1.29 is 17.9 Å². The number of alkyl halides is 3. The Morgan fingerprint density at radius 3 is 2.39 bits per heavy atom. The number of hydrogen-bond acceptors (Lipinski definition) is 4. The van der Waals surface area contributed by atoms with Gasteiger partial charge in [-0.3, -0.25) is 4.79 Å². The lowest BCUT2D eigenvalue weighted by atomic mass is 10.1. The first-order chi connectivity index (χ1) is 18.3. The van der Waals surface area contributed by atoms with Gasteiger partial charge in [0.15, 0.2) is 5.82 Å². The number of para-hydroxylation sites is 1. The van der Waals surface area contributed by atoms with Crippen LogP contribution in [0.4, 0.5) is 13.2 Å². The van der Waals surface area contributed by atoms with Crippen LogP contribution in [0, 0.1) is 0 Å². The first kappa shape index (κ1) is 25.4. The van der Waals surface area contributed by atoms with E-state index < -0.39 is 17.3 Å². The SMILES string of the molecule is O=c1c2ccccc2nc(-c2cccc(C(F)(F)F)c2)n1N=Cc1ccc(OCc2ccc(Br)cc2)cc1. The number of hydrogen-bond donors (Lipinski definition) is 0. The van der Waals surface area contributed by atoms with Gasteiger partial charge in [0.1, 0.15) is 12.4 Å². The summed E-state index contributed by atoms with van der Waals surface area (Å²) < 4.78 is 47.9. The second kappa shape index (κ2) is 10.6. The van der Waals surface area contributed by atoms with Crippen molar-refractivity contribution in [1.82, 2.24) is 9.66 Å². The Morgan fingerprint density at radius 1 is 0.921 bits per heavy atom. The fraction of sp³-hybridized carbons (Fsp3) is 0.0690. The Morgan fingerprint density at radius 2 is 1.66 bits per heavy atom. The molecule has 0 saturated heterocycles. The maximum atomic E-state index is 13.4. The molecule has 0 unspecified atom stereocenters. The number of fused-ring (bicyclic) bond motifs is 1. The molecule has 190 valence electrons. The van der Waals surface area contributed by atoms with Crippen molar-refractivity contribution in [1.29, 1.82) is 0 Å². The number of ether oxygens (including phenoxy) is 1. The zero-order valence-corrected chi connectivity index (χ0v) is 21.3. The highest BCUT2D eigenvalue weighted by atomic mass is 79.9. The highest BCUT2D eigenvalue weighted by Crippen LogP contribution is 2.32. The molecule has 9 heteroatoms. The van der Waals surface area contributed by atoms with Crippen LogP contribution in [0.5, 0.6) is 5.75 Å². The van der Waals surface area contributed by atoms with E-state index in [1.54, 1.807) is 48.5 Å². The quantitative estimate of drug-likeness (QED) is 0.199. The van der Waals surface area contributed by atoms with E-state index in [2.05, 4.69) is 26.0 Å². The molecule has 0 bridgehead atoms. The van der Waals surface area contributed by atoms with Crippen LogP contribution >= 0.6 is 15.9 Å². The molecule has 0 aliphatic rings. The van der Waals surface area contributed by atoms with Gasteiger partial charge in [-0.2, -0.15) is 22.9 Å². The third-order valence-electron chi connectivity index (χ3n) is 5.72. The summed E-state index contributed by atoms with van der Waals surface area (Å²) in [7, 11) is 0. The van der Waals surface area contributed by atoms with Crippen molar-refractivity contribution in [2.75, 3.05) is 0 Å². The molecule has 0 radical (unpaired) electrons. The van der Waals surface area contributed by atoms with Gasteiger partial charge in [0.05, 0.1) is 22.7 Å². The van der Waals surface area contributed by atoms with Crippen LogP contribution in [0.15, 0.2) is 111 Å². The Balaban J connectivity index is 1.46. The molecule has 0 atom stereocenters. The Hall–Kier alpha value is -4.24. The van der Waals surface area contributed by atoms with E-state index in [4.69, 9.17) is 4.74 Å². The molecule has 4 aromatic carbocycles. The second-order valence-electron chi connectivity index (χ2n) is 8.38.